The molecule has 0 bridgehead atoms. The minimum absolute atomic E-state index is 0.0600. The largest absolute Gasteiger partial charge is 0.299 e. The average Bonchev–Trinajstić information content (AvgIpc) is 2.78. The van der Waals surface area contributed by atoms with Gasteiger partial charge in [-0.25, -0.2) is 0 Å². The van der Waals surface area contributed by atoms with Gasteiger partial charge in [0.05, 0.1) is 5.92 Å². The van der Waals surface area contributed by atoms with E-state index in [1.165, 1.54) is 12.8 Å². The molecule has 0 amide bonds. The molecule has 2 aliphatic carbocycles. The second-order valence-corrected chi connectivity index (χ2v) is 4.76. The molecule has 0 aromatic rings. The maximum atomic E-state index is 12.1. The van der Waals surface area contributed by atoms with E-state index in [1.54, 1.807) is 0 Å². The first kappa shape index (κ1) is 9.88. The predicted octanol–water partition coefficient (Wildman–Crippen LogP) is 2.51. The van der Waals surface area contributed by atoms with Crippen LogP contribution in [-0.2, 0) is 9.59 Å². The summed E-state index contributed by atoms with van der Waals surface area (Å²) in [5.41, 5.74) is -0.0600. The van der Waals surface area contributed by atoms with Crippen LogP contribution in [-0.4, -0.2) is 11.6 Å². The Labute approximate surface area is 85.1 Å². The summed E-state index contributed by atoms with van der Waals surface area (Å²) in [6, 6.07) is 0. The summed E-state index contributed by atoms with van der Waals surface area (Å²) in [6.07, 6.45) is 6.76. The Morgan fingerprint density at radius 1 is 1.36 bits per heavy atom. The van der Waals surface area contributed by atoms with Gasteiger partial charge in [0.25, 0.3) is 0 Å². The third-order valence-electron chi connectivity index (χ3n) is 4.05. The van der Waals surface area contributed by atoms with E-state index in [-0.39, 0.29) is 22.9 Å². The average molecular weight is 194 g/mol. The van der Waals surface area contributed by atoms with Gasteiger partial charge in [0.15, 0.2) is 0 Å². The summed E-state index contributed by atoms with van der Waals surface area (Å²) in [6.45, 7) is 1.86. The van der Waals surface area contributed by atoms with Gasteiger partial charge in [0, 0.05) is 11.8 Å². The van der Waals surface area contributed by atoms with E-state index >= 15 is 0 Å². The van der Waals surface area contributed by atoms with Crippen molar-refractivity contribution in [3.05, 3.63) is 0 Å². The molecule has 2 aliphatic rings. The predicted molar refractivity (Wildman–Crippen MR) is 53.9 cm³/mol. The van der Waals surface area contributed by atoms with Crippen molar-refractivity contribution in [1.82, 2.24) is 0 Å². The molecule has 0 aliphatic heterocycles. The normalized spacial score (nSPS) is 30.1. The monoisotopic (exact) mass is 194 g/mol. The highest BCUT2D eigenvalue weighted by Crippen LogP contribution is 2.50. The van der Waals surface area contributed by atoms with E-state index in [9.17, 15) is 9.59 Å². The molecule has 0 saturated heterocycles. The van der Waals surface area contributed by atoms with Gasteiger partial charge in [-0.15, -0.1) is 0 Å². The lowest BCUT2D eigenvalue weighted by atomic mass is 9.82. The Bertz CT molecular complexity index is 261. The van der Waals surface area contributed by atoms with Crippen molar-refractivity contribution in [3.8, 4) is 0 Å². The standard InChI is InChI=1S/C12H18O2/c1-2-10(13)9-5-8-12(11(9)14)6-3-4-7-12/h9H,2-8H2,1H3. The molecule has 1 spiro atoms. The van der Waals surface area contributed by atoms with Crippen LogP contribution >= 0.6 is 0 Å². The number of carbonyl (C=O) groups excluding carboxylic acids is 2. The molecule has 1 unspecified atom stereocenters. The fourth-order valence-electron chi connectivity index (χ4n) is 3.15. The lowest BCUT2D eigenvalue weighted by molar-refractivity contribution is -0.135. The first-order valence-corrected chi connectivity index (χ1v) is 5.77. The van der Waals surface area contributed by atoms with Crippen molar-refractivity contribution in [3.63, 3.8) is 0 Å². The van der Waals surface area contributed by atoms with Gasteiger partial charge in [-0.1, -0.05) is 19.8 Å². The van der Waals surface area contributed by atoms with E-state index in [1.807, 2.05) is 6.92 Å². The number of hydrogen-bond donors (Lipinski definition) is 0. The zero-order valence-electron chi connectivity index (χ0n) is 8.84. The molecule has 0 aromatic heterocycles. The fourth-order valence-corrected chi connectivity index (χ4v) is 3.15. The Morgan fingerprint density at radius 2 is 2.00 bits per heavy atom. The Balaban J connectivity index is 2.14. The second kappa shape index (κ2) is 3.48. The van der Waals surface area contributed by atoms with Crippen molar-refractivity contribution >= 4 is 11.6 Å². The highest BCUT2D eigenvalue weighted by Gasteiger charge is 2.50. The first-order chi connectivity index (χ1) is 6.69. The van der Waals surface area contributed by atoms with Crippen LogP contribution in [0.1, 0.15) is 51.9 Å². The van der Waals surface area contributed by atoms with E-state index < -0.39 is 0 Å². The number of Topliss-reactive ketones (excluding diaryl/α,β-unsaturated/α-hetero) is 2. The van der Waals surface area contributed by atoms with E-state index in [0.29, 0.717) is 6.42 Å². The molecule has 0 aromatic carbocycles. The summed E-state index contributed by atoms with van der Waals surface area (Å²) >= 11 is 0. The van der Waals surface area contributed by atoms with Gasteiger partial charge in [-0.05, 0) is 25.7 Å². The molecule has 2 heteroatoms. The number of carbonyl (C=O) groups is 2. The van der Waals surface area contributed by atoms with Crippen LogP contribution < -0.4 is 0 Å². The molecule has 2 saturated carbocycles. The molecule has 2 rings (SSSR count). The van der Waals surface area contributed by atoms with Crippen molar-refractivity contribution in [2.45, 2.75) is 51.9 Å². The van der Waals surface area contributed by atoms with Crippen LogP contribution in [0.25, 0.3) is 0 Å². The van der Waals surface area contributed by atoms with Crippen LogP contribution in [0.4, 0.5) is 0 Å². The van der Waals surface area contributed by atoms with Crippen LogP contribution in [0.3, 0.4) is 0 Å². The molecule has 1 atom stereocenters. The van der Waals surface area contributed by atoms with Gasteiger partial charge in [-0.3, -0.25) is 9.59 Å². The van der Waals surface area contributed by atoms with Crippen LogP contribution in [0.5, 0.6) is 0 Å². The minimum Gasteiger partial charge on any atom is -0.299 e. The highest BCUT2D eigenvalue weighted by molar-refractivity contribution is 6.06. The molecule has 2 fully saturated rings. The third-order valence-corrected chi connectivity index (χ3v) is 4.05. The molecule has 0 N–H and O–H groups in total. The number of ketones is 2. The summed E-state index contributed by atoms with van der Waals surface area (Å²) in [7, 11) is 0. The second-order valence-electron chi connectivity index (χ2n) is 4.76. The van der Waals surface area contributed by atoms with Crippen LogP contribution in [0, 0.1) is 11.3 Å². The van der Waals surface area contributed by atoms with E-state index in [0.717, 1.165) is 25.7 Å². The Morgan fingerprint density at radius 3 is 2.57 bits per heavy atom. The van der Waals surface area contributed by atoms with E-state index in [2.05, 4.69) is 0 Å². The highest BCUT2D eigenvalue weighted by atomic mass is 16.2. The third kappa shape index (κ3) is 1.32. The zero-order valence-corrected chi connectivity index (χ0v) is 8.84. The lowest BCUT2D eigenvalue weighted by Gasteiger charge is -2.20. The van der Waals surface area contributed by atoms with Gasteiger partial charge in [0.2, 0.25) is 0 Å². The summed E-state index contributed by atoms with van der Waals surface area (Å²) in [4.78, 5) is 23.7. The summed E-state index contributed by atoms with van der Waals surface area (Å²) in [5.74, 6) is 0.207. The molecular formula is C12H18O2. The maximum absolute atomic E-state index is 12.1. The quantitative estimate of drug-likeness (QED) is 0.633. The fraction of sp³-hybridized carbons (Fsp3) is 0.833. The lowest BCUT2D eigenvalue weighted by Crippen LogP contribution is -2.28. The zero-order chi connectivity index (χ0) is 10.2. The maximum Gasteiger partial charge on any atom is 0.149 e. The molecule has 78 valence electrons. The Hall–Kier alpha value is -0.660. The Kier molecular flexibility index (Phi) is 2.46. The topological polar surface area (TPSA) is 34.1 Å². The van der Waals surface area contributed by atoms with E-state index in [4.69, 9.17) is 0 Å². The van der Waals surface area contributed by atoms with Crippen LogP contribution in [0.15, 0.2) is 0 Å². The van der Waals surface area contributed by atoms with Gasteiger partial charge in [0.1, 0.15) is 11.6 Å². The minimum atomic E-state index is -0.238. The van der Waals surface area contributed by atoms with Gasteiger partial charge in [-0.2, -0.15) is 0 Å². The molecule has 0 radical (unpaired) electrons. The summed E-state index contributed by atoms with van der Waals surface area (Å²) in [5, 5.41) is 0. The van der Waals surface area contributed by atoms with Crippen molar-refractivity contribution in [2.24, 2.45) is 11.3 Å². The molecule has 0 heterocycles. The van der Waals surface area contributed by atoms with Crippen LogP contribution in [0.2, 0.25) is 0 Å². The van der Waals surface area contributed by atoms with Crippen molar-refractivity contribution < 1.29 is 9.59 Å². The molecule has 2 nitrogen and oxygen atoms in total. The van der Waals surface area contributed by atoms with Gasteiger partial charge >= 0.3 is 0 Å². The number of hydrogen-bond acceptors (Lipinski definition) is 2. The smallest absolute Gasteiger partial charge is 0.149 e. The molecule has 14 heavy (non-hydrogen) atoms. The first-order valence-electron chi connectivity index (χ1n) is 5.77. The van der Waals surface area contributed by atoms with Gasteiger partial charge < -0.3 is 0 Å². The molecular weight excluding hydrogens is 176 g/mol. The van der Waals surface area contributed by atoms with Crippen molar-refractivity contribution in [1.29, 1.82) is 0 Å². The van der Waals surface area contributed by atoms with Crippen molar-refractivity contribution in [2.75, 3.05) is 0 Å². The SMILES string of the molecule is CCC(=O)C1CCC2(CCCC2)C1=O. The number of rotatable bonds is 2. The summed E-state index contributed by atoms with van der Waals surface area (Å²) < 4.78 is 0.